The molecule has 0 amide bonds. The highest BCUT2D eigenvalue weighted by Crippen LogP contribution is 2.33. The van der Waals surface area contributed by atoms with Gasteiger partial charge in [-0.05, 0) is 39.2 Å². The monoisotopic (exact) mass is 263 g/mol. The SMILES string of the molecule is Cc1nonc1CN1CCCCC1C1CCCC1=O. The summed E-state index contributed by atoms with van der Waals surface area (Å²) in [6.45, 7) is 3.75. The summed E-state index contributed by atoms with van der Waals surface area (Å²) < 4.78 is 4.78. The molecule has 1 aromatic rings. The summed E-state index contributed by atoms with van der Waals surface area (Å²) in [7, 11) is 0. The van der Waals surface area contributed by atoms with Gasteiger partial charge in [0.15, 0.2) is 0 Å². The van der Waals surface area contributed by atoms with Gasteiger partial charge in [-0.2, -0.15) is 0 Å². The molecule has 19 heavy (non-hydrogen) atoms. The van der Waals surface area contributed by atoms with Gasteiger partial charge < -0.3 is 0 Å². The van der Waals surface area contributed by atoms with Gasteiger partial charge in [-0.25, -0.2) is 4.63 Å². The van der Waals surface area contributed by atoms with Crippen molar-refractivity contribution in [1.82, 2.24) is 15.2 Å². The summed E-state index contributed by atoms with van der Waals surface area (Å²) in [5.41, 5.74) is 1.78. The second-order valence-corrected chi connectivity index (χ2v) is 5.79. The first-order chi connectivity index (χ1) is 9.25. The molecule has 0 spiro atoms. The summed E-state index contributed by atoms with van der Waals surface area (Å²) >= 11 is 0. The van der Waals surface area contributed by atoms with E-state index in [1.807, 2.05) is 6.92 Å². The Morgan fingerprint density at radius 3 is 2.84 bits per heavy atom. The molecule has 3 rings (SSSR count). The van der Waals surface area contributed by atoms with Gasteiger partial charge in [-0.3, -0.25) is 9.69 Å². The van der Waals surface area contributed by atoms with Gasteiger partial charge in [-0.1, -0.05) is 16.7 Å². The molecule has 5 heteroatoms. The molecule has 5 nitrogen and oxygen atoms in total. The molecule has 1 saturated carbocycles. The van der Waals surface area contributed by atoms with E-state index in [2.05, 4.69) is 15.2 Å². The van der Waals surface area contributed by atoms with Crippen LogP contribution in [0.3, 0.4) is 0 Å². The van der Waals surface area contributed by atoms with Gasteiger partial charge in [0, 0.05) is 24.9 Å². The van der Waals surface area contributed by atoms with Crippen LogP contribution in [0.5, 0.6) is 0 Å². The van der Waals surface area contributed by atoms with E-state index < -0.39 is 0 Å². The third-order valence-corrected chi connectivity index (χ3v) is 4.58. The van der Waals surface area contributed by atoms with Gasteiger partial charge in [0.05, 0.1) is 0 Å². The van der Waals surface area contributed by atoms with Crippen molar-refractivity contribution in [2.45, 2.75) is 58.0 Å². The van der Waals surface area contributed by atoms with E-state index in [-0.39, 0.29) is 5.92 Å². The van der Waals surface area contributed by atoms with Gasteiger partial charge >= 0.3 is 0 Å². The van der Waals surface area contributed by atoms with Crippen molar-refractivity contribution in [3.63, 3.8) is 0 Å². The van der Waals surface area contributed by atoms with Crippen LogP contribution in [0.4, 0.5) is 0 Å². The van der Waals surface area contributed by atoms with Crippen LogP contribution in [0.1, 0.15) is 49.9 Å². The van der Waals surface area contributed by atoms with E-state index >= 15 is 0 Å². The molecule has 2 atom stereocenters. The number of ketones is 1. The summed E-state index contributed by atoms with van der Waals surface area (Å²) in [6, 6.07) is 0.403. The molecule has 1 aliphatic carbocycles. The average Bonchev–Trinajstić information content (AvgIpc) is 3.00. The van der Waals surface area contributed by atoms with Crippen molar-refractivity contribution >= 4 is 5.78 Å². The fraction of sp³-hybridized carbons (Fsp3) is 0.786. The zero-order valence-electron chi connectivity index (χ0n) is 11.5. The zero-order valence-corrected chi connectivity index (χ0v) is 11.5. The van der Waals surface area contributed by atoms with E-state index in [1.54, 1.807) is 0 Å². The Labute approximate surface area is 113 Å². The average molecular weight is 263 g/mol. The zero-order chi connectivity index (χ0) is 13.2. The van der Waals surface area contributed by atoms with E-state index in [0.717, 1.165) is 50.2 Å². The number of carbonyl (C=O) groups excluding carboxylic acids is 1. The molecule has 1 saturated heterocycles. The third-order valence-electron chi connectivity index (χ3n) is 4.58. The fourth-order valence-corrected chi connectivity index (χ4v) is 3.50. The molecule has 2 aliphatic rings. The number of hydrogen-bond acceptors (Lipinski definition) is 5. The van der Waals surface area contributed by atoms with Crippen LogP contribution in [-0.4, -0.2) is 33.6 Å². The molecule has 0 aromatic carbocycles. The summed E-state index contributed by atoms with van der Waals surface area (Å²) in [6.07, 6.45) is 6.50. The summed E-state index contributed by atoms with van der Waals surface area (Å²) in [5, 5.41) is 7.82. The Morgan fingerprint density at radius 1 is 1.26 bits per heavy atom. The molecule has 1 aliphatic heterocycles. The first-order valence-electron chi connectivity index (χ1n) is 7.30. The van der Waals surface area contributed by atoms with E-state index in [0.29, 0.717) is 11.8 Å². The fourth-order valence-electron chi connectivity index (χ4n) is 3.50. The van der Waals surface area contributed by atoms with Crippen molar-refractivity contribution in [1.29, 1.82) is 0 Å². The number of aromatic nitrogens is 2. The lowest BCUT2D eigenvalue weighted by molar-refractivity contribution is -0.123. The lowest BCUT2D eigenvalue weighted by Crippen LogP contribution is -2.45. The lowest BCUT2D eigenvalue weighted by Gasteiger charge is -2.38. The van der Waals surface area contributed by atoms with Crippen LogP contribution in [0.25, 0.3) is 0 Å². The molecule has 2 fully saturated rings. The van der Waals surface area contributed by atoms with E-state index in [9.17, 15) is 4.79 Å². The number of nitrogens with zero attached hydrogens (tertiary/aromatic N) is 3. The van der Waals surface area contributed by atoms with Crippen LogP contribution in [0.2, 0.25) is 0 Å². The molecule has 2 heterocycles. The van der Waals surface area contributed by atoms with Gasteiger partial charge in [0.2, 0.25) is 0 Å². The number of carbonyl (C=O) groups is 1. The number of Topliss-reactive ketones (excluding diaryl/α,β-unsaturated/α-hetero) is 1. The van der Waals surface area contributed by atoms with Crippen molar-refractivity contribution in [3.8, 4) is 0 Å². The largest absolute Gasteiger partial charge is 0.299 e. The van der Waals surface area contributed by atoms with Crippen molar-refractivity contribution in [2.75, 3.05) is 6.54 Å². The molecule has 1 aromatic heterocycles. The molecular formula is C14H21N3O2. The Morgan fingerprint density at radius 2 is 2.16 bits per heavy atom. The molecule has 0 bridgehead atoms. The highest BCUT2D eigenvalue weighted by Gasteiger charge is 2.37. The minimum atomic E-state index is 0.250. The summed E-state index contributed by atoms with van der Waals surface area (Å²) in [4.78, 5) is 14.4. The van der Waals surface area contributed by atoms with Crippen LogP contribution in [0.15, 0.2) is 4.63 Å². The lowest BCUT2D eigenvalue weighted by atomic mass is 9.88. The van der Waals surface area contributed by atoms with Gasteiger partial charge in [0.25, 0.3) is 0 Å². The maximum Gasteiger partial charge on any atom is 0.137 e. The second-order valence-electron chi connectivity index (χ2n) is 5.79. The van der Waals surface area contributed by atoms with Crippen molar-refractivity contribution in [2.24, 2.45) is 5.92 Å². The first-order valence-corrected chi connectivity index (χ1v) is 7.30. The Bertz CT molecular complexity index is 457. The molecule has 0 radical (unpaired) electrons. The highest BCUT2D eigenvalue weighted by molar-refractivity contribution is 5.83. The van der Waals surface area contributed by atoms with E-state index in [4.69, 9.17) is 4.63 Å². The van der Waals surface area contributed by atoms with Crippen molar-refractivity contribution < 1.29 is 9.42 Å². The maximum absolute atomic E-state index is 12.0. The van der Waals surface area contributed by atoms with Gasteiger partial charge in [-0.15, -0.1) is 0 Å². The van der Waals surface area contributed by atoms with Gasteiger partial charge in [0.1, 0.15) is 17.2 Å². The van der Waals surface area contributed by atoms with Crippen LogP contribution in [0, 0.1) is 12.8 Å². The topological polar surface area (TPSA) is 59.2 Å². The van der Waals surface area contributed by atoms with E-state index in [1.165, 1.54) is 12.8 Å². The number of aryl methyl sites for hydroxylation is 1. The summed E-state index contributed by atoms with van der Waals surface area (Å²) in [5.74, 6) is 0.715. The Hall–Kier alpha value is -1.23. The predicted molar refractivity (Wildman–Crippen MR) is 69.4 cm³/mol. The molecule has 0 N–H and O–H groups in total. The minimum absolute atomic E-state index is 0.250. The first kappa shape index (κ1) is 12.8. The number of rotatable bonds is 3. The molecule has 2 unspecified atom stereocenters. The Kier molecular flexibility index (Phi) is 3.64. The minimum Gasteiger partial charge on any atom is -0.299 e. The molecule has 104 valence electrons. The number of piperidine rings is 1. The van der Waals surface area contributed by atoms with Crippen LogP contribution in [-0.2, 0) is 11.3 Å². The predicted octanol–water partition coefficient (Wildman–Crippen LogP) is 2.10. The molecular weight excluding hydrogens is 242 g/mol. The standard InChI is InChI=1S/C14H21N3O2/c1-10-12(16-19-15-10)9-17-8-3-2-6-13(17)11-5-4-7-14(11)18/h11,13H,2-9H2,1H3. The maximum atomic E-state index is 12.0. The quantitative estimate of drug-likeness (QED) is 0.835. The second kappa shape index (κ2) is 5.41. The Balaban J connectivity index is 1.74. The van der Waals surface area contributed by atoms with Crippen molar-refractivity contribution in [3.05, 3.63) is 11.4 Å². The van der Waals surface area contributed by atoms with Crippen LogP contribution >= 0.6 is 0 Å². The smallest absolute Gasteiger partial charge is 0.137 e. The number of likely N-dealkylation sites (tertiary alicyclic amines) is 1. The third kappa shape index (κ3) is 2.56. The normalized spacial score (nSPS) is 29.0. The van der Waals surface area contributed by atoms with Crippen LogP contribution < -0.4 is 0 Å². The number of hydrogen-bond donors (Lipinski definition) is 0. The highest BCUT2D eigenvalue weighted by atomic mass is 16.6.